The lowest BCUT2D eigenvalue weighted by atomic mass is 10.2. The maximum absolute atomic E-state index is 12.1. The molecule has 6 heteroatoms. The highest BCUT2D eigenvalue weighted by Crippen LogP contribution is 2.24. The molecule has 116 valence electrons. The van der Waals surface area contributed by atoms with Gasteiger partial charge in [0.2, 0.25) is 0 Å². The van der Waals surface area contributed by atoms with Gasteiger partial charge in [-0.2, -0.15) is 5.26 Å². The Morgan fingerprint density at radius 2 is 1.96 bits per heavy atom. The van der Waals surface area contributed by atoms with E-state index in [1.165, 1.54) is 12.3 Å². The monoisotopic (exact) mass is 327 g/mol. The summed E-state index contributed by atoms with van der Waals surface area (Å²) in [5.41, 5.74) is 1.75. The lowest BCUT2D eigenvalue weighted by Crippen LogP contribution is -2.14. The molecule has 0 aliphatic heterocycles. The number of nitriles is 1. The van der Waals surface area contributed by atoms with Crippen LogP contribution in [0, 0.1) is 18.3 Å². The second-order valence-electron chi connectivity index (χ2n) is 4.80. The number of hydrogen-bond donors (Lipinski definition) is 3. The van der Waals surface area contributed by atoms with E-state index < -0.39 is 5.91 Å². The highest BCUT2D eigenvalue weighted by atomic mass is 35.5. The molecule has 23 heavy (non-hydrogen) atoms. The van der Waals surface area contributed by atoms with Gasteiger partial charge in [-0.15, -0.1) is 0 Å². The van der Waals surface area contributed by atoms with Crippen LogP contribution in [0.1, 0.15) is 5.56 Å². The third kappa shape index (κ3) is 4.50. The number of nitrogens with zero attached hydrogens (tertiary/aromatic N) is 1. The Morgan fingerprint density at radius 1 is 1.26 bits per heavy atom. The number of carbonyl (C=O) groups is 1. The average Bonchev–Trinajstić information content (AvgIpc) is 2.53. The Hall–Kier alpha value is -2.97. The van der Waals surface area contributed by atoms with Crippen molar-refractivity contribution in [3.63, 3.8) is 0 Å². The normalized spacial score (nSPS) is 10.7. The molecule has 0 unspecified atom stereocenters. The van der Waals surface area contributed by atoms with E-state index in [9.17, 15) is 9.90 Å². The van der Waals surface area contributed by atoms with Gasteiger partial charge in [-0.05, 0) is 48.9 Å². The number of rotatable bonds is 4. The van der Waals surface area contributed by atoms with E-state index in [0.717, 1.165) is 5.56 Å². The number of hydrogen-bond acceptors (Lipinski definition) is 4. The molecule has 3 N–H and O–H groups in total. The van der Waals surface area contributed by atoms with Gasteiger partial charge in [0, 0.05) is 16.9 Å². The first kappa shape index (κ1) is 16.4. The number of aromatic hydroxyl groups is 1. The molecule has 0 aliphatic carbocycles. The minimum atomic E-state index is -0.561. The Labute approximate surface area is 138 Å². The number of phenolic OH excluding ortho intramolecular Hbond substituents is 1. The van der Waals surface area contributed by atoms with Crippen molar-refractivity contribution in [1.82, 2.24) is 0 Å². The van der Waals surface area contributed by atoms with Gasteiger partial charge in [0.1, 0.15) is 17.4 Å². The van der Waals surface area contributed by atoms with E-state index >= 15 is 0 Å². The van der Waals surface area contributed by atoms with E-state index in [1.807, 2.05) is 13.0 Å². The second-order valence-corrected chi connectivity index (χ2v) is 5.23. The van der Waals surface area contributed by atoms with Gasteiger partial charge in [-0.1, -0.05) is 17.7 Å². The van der Waals surface area contributed by atoms with Crippen LogP contribution in [-0.2, 0) is 4.79 Å². The van der Waals surface area contributed by atoms with Crippen molar-refractivity contribution in [2.45, 2.75) is 6.92 Å². The summed E-state index contributed by atoms with van der Waals surface area (Å²) in [6.07, 6.45) is 1.25. The van der Waals surface area contributed by atoms with Crippen LogP contribution in [0.5, 0.6) is 5.75 Å². The van der Waals surface area contributed by atoms with Crippen LogP contribution in [-0.4, -0.2) is 11.0 Å². The van der Waals surface area contributed by atoms with Gasteiger partial charge in [0.05, 0.1) is 5.69 Å². The van der Waals surface area contributed by atoms with Crippen LogP contribution < -0.4 is 10.6 Å². The van der Waals surface area contributed by atoms with E-state index in [2.05, 4.69) is 10.6 Å². The summed E-state index contributed by atoms with van der Waals surface area (Å²) in [4.78, 5) is 12.1. The maximum atomic E-state index is 12.1. The largest absolute Gasteiger partial charge is 0.506 e. The molecule has 5 nitrogen and oxygen atoms in total. The van der Waals surface area contributed by atoms with Crippen LogP contribution >= 0.6 is 11.6 Å². The van der Waals surface area contributed by atoms with Crippen molar-refractivity contribution >= 4 is 28.9 Å². The van der Waals surface area contributed by atoms with E-state index in [4.69, 9.17) is 16.9 Å². The molecule has 0 heterocycles. The minimum Gasteiger partial charge on any atom is -0.506 e. The third-order valence-corrected chi connectivity index (χ3v) is 3.24. The van der Waals surface area contributed by atoms with Crippen molar-refractivity contribution in [1.29, 1.82) is 5.26 Å². The van der Waals surface area contributed by atoms with Crippen molar-refractivity contribution in [2.24, 2.45) is 0 Å². The topological polar surface area (TPSA) is 85.2 Å². The molecule has 0 saturated heterocycles. The second kappa shape index (κ2) is 7.34. The van der Waals surface area contributed by atoms with E-state index in [1.54, 1.807) is 36.4 Å². The van der Waals surface area contributed by atoms with Crippen LogP contribution in [0.4, 0.5) is 11.4 Å². The number of phenols is 1. The summed E-state index contributed by atoms with van der Waals surface area (Å²) >= 11 is 5.77. The van der Waals surface area contributed by atoms with Crippen molar-refractivity contribution in [2.75, 3.05) is 10.6 Å². The standard InChI is InChI=1S/C17H14ClN3O2/c1-11-2-7-16(22)15(8-11)20-10-12(9-19)17(23)21-14-5-3-13(18)4-6-14/h2-8,10,20,22H,1H3,(H,21,23)/b12-10-. The average molecular weight is 328 g/mol. The quantitative estimate of drug-likeness (QED) is 0.453. The molecule has 0 bridgehead atoms. The molecule has 0 spiro atoms. The zero-order chi connectivity index (χ0) is 16.8. The first-order chi connectivity index (χ1) is 11.0. The number of halogens is 1. The number of carbonyl (C=O) groups excluding carboxylic acids is 1. The number of nitrogens with one attached hydrogen (secondary N) is 2. The van der Waals surface area contributed by atoms with Crippen LogP contribution in [0.3, 0.4) is 0 Å². The molecule has 0 radical (unpaired) electrons. The Morgan fingerprint density at radius 3 is 2.61 bits per heavy atom. The number of anilines is 2. The Bertz CT molecular complexity index is 792. The van der Waals surface area contributed by atoms with Crippen LogP contribution in [0.25, 0.3) is 0 Å². The Balaban J connectivity index is 2.12. The summed E-state index contributed by atoms with van der Waals surface area (Å²) in [5, 5.41) is 24.8. The van der Waals surface area contributed by atoms with Crippen LogP contribution in [0.2, 0.25) is 5.02 Å². The molecule has 2 rings (SSSR count). The molecule has 2 aromatic rings. The van der Waals surface area contributed by atoms with E-state index in [-0.39, 0.29) is 11.3 Å². The SMILES string of the molecule is Cc1ccc(O)c(N/C=C(/C#N)C(=O)Nc2ccc(Cl)cc2)c1. The first-order valence-corrected chi connectivity index (χ1v) is 7.11. The van der Waals surface area contributed by atoms with Gasteiger partial charge in [-0.25, -0.2) is 0 Å². The van der Waals surface area contributed by atoms with Crippen molar-refractivity contribution in [3.05, 3.63) is 64.8 Å². The summed E-state index contributed by atoms with van der Waals surface area (Å²) in [7, 11) is 0. The molecule has 1 amide bonds. The summed E-state index contributed by atoms with van der Waals surface area (Å²) < 4.78 is 0. The van der Waals surface area contributed by atoms with Crippen molar-refractivity contribution in [3.8, 4) is 11.8 Å². The number of amides is 1. The lowest BCUT2D eigenvalue weighted by molar-refractivity contribution is -0.112. The van der Waals surface area contributed by atoms with Gasteiger partial charge in [-0.3, -0.25) is 4.79 Å². The Kier molecular flexibility index (Phi) is 5.23. The molecule has 2 aromatic carbocycles. The molecule has 0 aliphatic rings. The smallest absolute Gasteiger partial charge is 0.267 e. The number of aryl methyl sites for hydroxylation is 1. The van der Waals surface area contributed by atoms with Crippen molar-refractivity contribution < 1.29 is 9.90 Å². The molecule has 0 aromatic heterocycles. The van der Waals surface area contributed by atoms with Gasteiger partial charge >= 0.3 is 0 Å². The zero-order valence-corrected chi connectivity index (χ0v) is 13.1. The summed E-state index contributed by atoms with van der Waals surface area (Å²) in [5.74, 6) is -0.531. The molecular weight excluding hydrogens is 314 g/mol. The fraction of sp³-hybridized carbons (Fsp3) is 0.0588. The van der Waals surface area contributed by atoms with Gasteiger partial charge < -0.3 is 15.7 Å². The molecule has 0 fully saturated rings. The van der Waals surface area contributed by atoms with Crippen LogP contribution in [0.15, 0.2) is 54.2 Å². The predicted molar refractivity (Wildman–Crippen MR) is 90.2 cm³/mol. The highest BCUT2D eigenvalue weighted by Gasteiger charge is 2.10. The fourth-order valence-corrected chi connectivity index (χ4v) is 1.92. The van der Waals surface area contributed by atoms with E-state index in [0.29, 0.717) is 16.4 Å². The number of benzene rings is 2. The summed E-state index contributed by atoms with van der Waals surface area (Å²) in [6.45, 7) is 1.87. The molecule has 0 atom stereocenters. The summed E-state index contributed by atoms with van der Waals surface area (Å²) in [6, 6.07) is 13.3. The zero-order valence-electron chi connectivity index (χ0n) is 12.3. The van der Waals surface area contributed by atoms with Gasteiger partial charge in [0.15, 0.2) is 0 Å². The predicted octanol–water partition coefficient (Wildman–Crippen LogP) is 3.81. The fourth-order valence-electron chi connectivity index (χ4n) is 1.80. The first-order valence-electron chi connectivity index (χ1n) is 6.73. The molecule has 0 saturated carbocycles. The minimum absolute atomic E-state index is 0.0299. The molecular formula is C17H14ClN3O2. The third-order valence-electron chi connectivity index (χ3n) is 2.99. The lowest BCUT2D eigenvalue weighted by Gasteiger charge is -2.07. The van der Waals surface area contributed by atoms with Gasteiger partial charge in [0.25, 0.3) is 5.91 Å². The maximum Gasteiger partial charge on any atom is 0.267 e. The highest BCUT2D eigenvalue weighted by molar-refractivity contribution is 6.30.